The third-order valence-electron chi connectivity index (χ3n) is 2.57. The van der Waals surface area contributed by atoms with Crippen LogP contribution in [0.1, 0.15) is 15.9 Å². The van der Waals surface area contributed by atoms with Crippen LogP contribution in [0, 0.1) is 6.92 Å². The molecule has 0 fully saturated rings. The first-order chi connectivity index (χ1) is 8.58. The Kier molecular flexibility index (Phi) is 3.90. The fourth-order valence-corrected chi connectivity index (χ4v) is 1.90. The Labute approximate surface area is 116 Å². The van der Waals surface area contributed by atoms with Gasteiger partial charge in [0.25, 0.3) is 5.91 Å². The first-order valence-corrected chi connectivity index (χ1v) is 6.15. The summed E-state index contributed by atoms with van der Waals surface area (Å²) < 4.78 is 0. The molecule has 0 unspecified atom stereocenters. The molecule has 4 heteroatoms. The second-order valence-corrected chi connectivity index (χ2v) is 4.71. The van der Waals surface area contributed by atoms with Crippen LogP contribution in [-0.4, -0.2) is 5.91 Å². The first-order valence-electron chi connectivity index (χ1n) is 5.40. The number of hydrogen-bond donors (Lipinski definition) is 1. The molecule has 0 radical (unpaired) electrons. The molecule has 0 saturated heterocycles. The largest absolute Gasteiger partial charge is 0.322 e. The summed E-state index contributed by atoms with van der Waals surface area (Å²) in [4.78, 5) is 12.0. The molecule has 92 valence electrons. The van der Waals surface area contributed by atoms with Crippen molar-refractivity contribution in [2.24, 2.45) is 0 Å². The van der Waals surface area contributed by atoms with Crippen molar-refractivity contribution in [2.75, 3.05) is 5.32 Å². The van der Waals surface area contributed by atoms with Crippen LogP contribution in [0.3, 0.4) is 0 Å². The van der Waals surface area contributed by atoms with Gasteiger partial charge < -0.3 is 5.32 Å². The van der Waals surface area contributed by atoms with E-state index in [0.717, 1.165) is 5.56 Å². The van der Waals surface area contributed by atoms with E-state index in [9.17, 15) is 4.79 Å². The Bertz CT molecular complexity index is 596. The number of aryl methyl sites for hydroxylation is 1. The van der Waals surface area contributed by atoms with Crippen LogP contribution >= 0.6 is 23.2 Å². The molecule has 2 rings (SSSR count). The van der Waals surface area contributed by atoms with Crippen molar-refractivity contribution in [1.82, 2.24) is 0 Å². The van der Waals surface area contributed by atoms with Gasteiger partial charge in [-0.05, 0) is 36.8 Å². The molecule has 0 aliphatic rings. The fourth-order valence-electron chi connectivity index (χ4n) is 1.60. The lowest BCUT2D eigenvalue weighted by molar-refractivity contribution is 0.102. The van der Waals surface area contributed by atoms with Gasteiger partial charge in [0.05, 0.1) is 10.0 Å². The predicted molar refractivity (Wildman–Crippen MR) is 75.6 cm³/mol. The molecule has 2 aromatic carbocycles. The average Bonchev–Trinajstić information content (AvgIpc) is 2.34. The van der Waals surface area contributed by atoms with Crippen molar-refractivity contribution < 1.29 is 4.79 Å². The quantitative estimate of drug-likeness (QED) is 0.858. The number of rotatable bonds is 2. The molecule has 2 nitrogen and oxygen atoms in total. The predicted octanol–water partition coefficient (Wildman–Crippen LogP) is 4.55. The van der Waals surface area contributed by atoms with Crippen molar-refractivity contribution in [3.8, 4) is 0 Å². The summed E-state index contributed by atoms with van der Waals surface area (Å²) >= 11 is 11.7. The Morgan fingerprint density at radius 1 is 1.06 bits per heavy atom. The minimum atomic E-state index is -0.161. The standard InChI is InChI=1S/C14H11Cl2NO/c1-9-4-2-3-5-11(9)14(18)17-10-6-7-12(15)13(16)8-10/h2-8H,1H3,(H,17,18). The van der Waals surface area contributed by atoms with E-state index in [1.165, 1.54) is 0 Å². The van der Waals surface area contributed by atoms with Gasteiger partial charge in [0.2, 0.25) is 0 Å². The number of benzene rings is 2. The SMILES string of the molecule is Cc1ccccc1C(=O)Nc1ccc(Cl)c(Cl)c1. The molecule has 0 atom stereocenters. The smallest absolute Gasteiger partial charge is 0.255 e. The Balaban J connectivity index is 2.22. The molecule has 1 N–H and O–H groups in total. The second-order valence-electron chi connectivity index (χ2n) is 3.90. The highest BCUT2D eigenvalue weighted by molar-refractivity contribution is 6.42. The summed E-state index contributed by atoms with van der Waals surface area (Å²) in [6.45, 7) is 1.89. The highest BCUT2D eigenvalue weighted by Crippen LogP contribution is 2.25. The molecule has 0 heterocycles. The molecule has 0 bridgehead atoms. The van der Waals surface area contributed by atoms with Crippen molar-refractivity contribution in [3.05, 3.63) is 63.6 Å². The lowest BCUT2D eigenvalue weighted by Crippen LogP contribution is -2.13. The number of hydrogen-bond acceptors (Lipinski definition) is 1. The van der Waals surface area contributed by atoms with Crippen LogP contribution in [0.2, 0.25) is 10.0 Å². The first kappa shape index (κ1) is 12.9. The van der Waals surface area contributed by atoms with Crippen molar-refractivity contribution in [3.63, 3.8) is 0 Å². The van der Waals surface area contributed by atoms with E-state index in [1.54, 1.807) is 24.3 Å². The molecular weight excluding hydrogens is 269 g/mol. The van der Waals surface area contributed by atoms with E-state index in [4.69, 9.17) is 23.2 Å². The summed E-state index contributed by atoms with van der Waals surface area (Å²) in [5, 5.41) is 3.66. The van der Waals surface area contributed by atoms with E-state index < -0.39 is 0 Å². The van der Waals surface area contributed by atoms with E-state index in [-0.39, 0.29) is 5.91 Å². The fraction of sp³-hybridized carbons (Fsp3) is 0.0714. The maximum absolute atomic E-state index is 12.0. The zero-order chi connectivity index (χ0) is 13.1. The number of halogens is 2. The Hall–Kier alpha value is -1.51. The molecule has 0 aromatic heterocycles. The topological polar surface area (TPSA) is 29.1 Å². The number of carbonyl (C=O) groups excluding carboxylic acids is 1. The van der Waals surface area contributed by atoms with Gasteiger partial charge in [0.1, 0.15) is 0 Å². The Morgan fingerprint density at radius 3 is 2.44 bits per heavy atom. The summed E-state index contributed by atoms with van der Waals surface area (Å²) in [7, 11) is 0. The summed E-state index contributed by atoms with van der Waals surface area (Å²) in [6.07, 6.45) is 0. The van der Waals surface area contributed by atoms with Crippen molar-refractivity contribution in [1.29, 1.82) is 0 Å². The monoisotopic (exact) mass is 279 g/mol. The van der Waals surface area contributed by atoms with Crippen LogP contribution < -0.4 is 5.32 Å². The molecule has 0 aliphatic heterocycles. The van der Waals surface area contributed by atoms with Crippen molar-refractivity contribution in [2.45, 2.75) is 6.92 Å². The third-order valence-corrected chi connectivity index (χ3v) is 3.31. The zero-order valence-corrected chi connectivity index (χ0v) is 11.2. The number of amides is 1. The summed E-state index contributed by atoms with van der Waals surface area (Å²) in [6, 6.07) is 12.4. The lowest BCUT2D eigenvalue weighted by Gasteiger charge is -2.08. The highest BCUT2D eigenvalue weighted by Gasteiger charge is 2.09. The molecule has 1 amide bonds. The van der Waals surface area contributed by atoms with Gasteiger partial charge in [-0.15, -0.1) is 0 Å². The maximum Gasteiger partial charge on any atom is 0.255 e. The summed E-state index contributed by atoms with van der Waals surface area (Å²) in [5.41, 5.74) is 2.19. The zero-order valence-electron chi connectivity index (χ0n) is 9.71. The average molecular weight is 280 g/mol. The molecule has 0 aliphatic carbocycles. The Morgan fingerprint density at radius 2 is 1.78 bits per heavy atom. The number of carbonyl (C=O) groups is 1. The van der Waals surface area contributed by atoms with Gasteiger partial charge in [-0.3, -0.25) is 4.79 Å². The van der Waals surface area contributed by atoms with E-state index >= 15 is 0 Å². The van der Waals surface area contributed by atoms with Crippen LogP contribution in [0.15, 0.2) is 42.5 Å². The second kappa shape index (κ2) is 5.42. The molecule has 2 aromatic rings. The van der Waals surface area contributed by atoms with Gasteiger partial charge in [-0.1, -0.05) is 41.4 Å². The summed E-state index contributed by atoms with van der Waals surface area (Å²) in [5.74, 6) is -0.161. The van der Waals surface area contributed by atoms with Gasteiger partial charge >= 0.3 is 0 Å². The van der Waals surface area contributed by atoms with Gasteiger partial charge in [0, 0.05) is 11.3 Å². The van der Waals surface area contributed by atoms with Crippen molar-refractivity contribution >= 4 is 34.8 Å². The number of anilines is 1. The highest BCUT2D eigenvalue weighted by atomic mass is 35.5. The van der Waals surface area contributed by atoms with Gasteiger partial charge in [-0.25, -0.2) is 0 Å². The minimum absolute atomic E-state index is 0.161. The van der Waals surface area contributed by atoms with Crippen LogP contribution in [0.25, 0.3) is 0 Å². The van der Waals surface area contributed by atoms with Gasteiger partial charge in [0.15, 0.2) is 0 Å². The maximum atomic E-state index is 12.0. The van der Waals surface area contributed by atoms with Crippen LogP contribution in [-0.2, 0) is 0 Å². The van der Waals surface area contributed by atoms with E-state index in [0.29, 0.717) is 21.3 Å². The molecule has 18 heavy (non-hydrogen) atoms. The minimum Gasteiger partial charge on any atom is -0.322 e. The van der Waals surface area contributed by atoms with Crippen LogP contribution in [0.5, 0.6) is 0 Å². The van der Waals surface area contributed by atoms with Gasteiger partial charge in [-0.2, -0.15) is 0 Å². The third kappa shape index (κ3) is 2.84. The molecule has 0 saturated carbocycles. The molecule has 0 spiro atoms. The van der Waals surface area contributed by atoms with Crippen LogP contribution in [0.4, 0.5) is 5.69 Å². The molecular formula is C14H11Cl2NO. The van der Waals surface area contributed by atoms with E-state index in [2.05, 4.69) is 5.32 Å². The normalized spacial score (nSPS) is 10.2. The number of nitrogens with one attached hydrogen (secondary N) is 1. The lowest BCUT2D eigenvalue weighted by atomic mass is 10.1. The van der Waals surface area contributed by atoms with E-state index in [1.807, 2.05) is 25.1 Å².